The molecule has 3 aromatic rings. The van der Waals surface area contributed by atoms with Gasteiger partial charge in [-0.25, -0.2) is 9.97 Å². The topological polar surface area (TPSA) is 46.0 Å². The average Bonchev–Trinajstić information content (AvgIpc) is 2.41. The second kappa shape index (κ2) is 5.61. The molecule has 1 aromatic carbocycles. The van der Waals surface area contributed by atoms with Crippen LogP contribution >= 0.6 is 0 Å². The fourth-order valence-corrected chi connectivity index (χ4v) is 1.34. The zero-order valence-electron chi connectivity index (χ0n) is 9.19. The second-order valence-electron chi connectivity index (χ2n) is 3.39. The predicted octanol–water partition coefficient (Wildman–Crippen LogP) is 3.02. The van der Waals surface area contributed by atoms with Crippen LogP contribution in [0.4, 0.5) is 0 Å². The number of phenols is 1. The molecule has 0 saturated carbocycles. The zero-order valence-corrected chi connectivity index (χ0v) is 9.19. The summed E-state index contributed by atoms with van der Waals surface area (Å²) in [5.74, 6) is 0.322. The maximum atomic E-state index is 8.63. The highest BCUT2D eigenvalue weighted by molar-refractivity contribution is 5.73. The van der Waals surface area contributed by atoms with Gasteiger partial charge in [-0.05, 0) is 36.4 Å². The summed E-state index contributed by atoms with van der Waals surface area (Å²) in [4.78, 5) is 8.14. The molecule has 0 aliphatic carbocycles. The van der Waals surface area contributed by atoms with Crippen molar-refractivity contribution in [2.24, 2.45) is 0 Å². The lowest BCUT2D eigenvalue weighted by atomic mass is 10.3. The van der Waals surface area contributed by atoms with Crippen LogP contribution in [0.1, 0.15) is 0 Å². The van der Waals surface area contributed by atoms with Gasteiger partial charge < -0.3 is 5.11 Å². The van der Waals surface area contributed by atoms with E-state index < -0.39 is 0 Å². The molecular weight excluding hydrogens is 212 g/mol. The summed E-state index contributed by atoms with van der Waals surface area (Å²) >= 11 is 0. The van der Waals surface area contributed by atoms with Gasteiger partial charge in [-0.2, -0.15) is 0 Å². The van der Waals surface area contributed by atoms with Crippen molar-refractivity contribution in [3.63, 3.8) is 0 Å². The molecule has 2 aromatic heterocycles. The quantitative estimate of drug-likeness (QED) is 0.638. The van der Waals surface area contributed by atoms with E-state index in [2.05, 4.69) is 9.97 Å². The van der Waals surface area contributed by atoms with Crippen molar-refractivity contribution in [2.75, 3.05) is 0 Å². The Kier molecular flexibility index (Phi) is 3.65. The number of hydrogen-bond donors (Lipinski definition) is 1. The maximum Gasteiger partial charge on any atom is 0.159 e. The SMILES string of the molecule is Oc1ccccc1.c1cnc2ncccc2c1. The third-order valence-corrected chi connectivity index (χ3v) is 2.13. The average molecular weight is 224 g/mol. The van der Waals surface area contributed by atoms with Crippen molar-refractivity contribution < 1.29 is 5.11 Å². The van der Waals surface area contributed by atoms with Crippen LogP contribution in [-0.2, 0) is 0 Å². The molecule has 3 rings (SSSR count). The Morgan fingerprint density at radius 3 is 1.71 bits per heavy atom. The molecule has 0 radical (unpaired) electrons. The van der Waals surface area contributed by atoms with Crippen LogP contribution in [0.3, 0.4) is 0 Å². The number of aromatic nitrogens is 2. The van der Waals surface area contributed by atoms with E-state index in [1.54, 1.807) is 36.7 Å². The van der Waals surface area contributed by atoms with Crippen molar-refractivity contribution in [3.8, 4) is 5.75 Å². The van der Waals surface area contributed by atoms with Crippen LogP contribution in [0.25, 0.3) is 11.0 Å². The van der Waals surface area contributed by atoms with E-state index in [1.807, 2.05) is 30.3 Å². The number of rotatable bonds is 0. The number of fused-ring (bicyclic) bond motifs is 1. The monoisotopic (exact) mass is 224 g/mol. The molecule has 0 unspecified atom stereocenters. The summed E-state index contributed by atoms with van der Waals surface area (Å²) in [6, 6.07) is 16.5. The van der Waals surface area contributed by atoms with Gasteiger partial charge in [-0.3, -0.25) is 0 Å². The van der Waals surface area contributed by atoms with Gasteiger partial charge in [0.05, 0.1) is 0 Å². The Bertz CT molecular complexity index is 516. The second-order valence-corrected chi connectivity index (χ2v) is 3.39. The maximum absolute atomic E-state index is 8.63. The first kappa shape index (κ1) is 11.1. The van der Waals surface area contributed by atoms with E-state index in [4.69, 9.17) is 5.11 Å². The molecule has 0 aliphatic heterocycles. The minimum atomic E-state index is 0.322. The molecule has 84 valence electrons. The molecule has 2 heterocycles. The van der Waals surface area contributed by atoms with Crippen molar-refractivity contribution in [1.82, 2.24) is 9.97 Å². The van der Waals surface area contributed by atoms with Crippen LogP contribution < -0.4 is 0 Å². The molecule has 3 nitrogen and oxygen atoms in total. The molecule has 0 aliphatic rings. The summed E-state index contributed by atoms with van der Waals surface area (Å²) < 4.78 is 0. The lowest BCUT2D eigenvalue weighted by Crippen LogP contribution is -1.78. The molecule has 0 spiro atoms. The first-order valence-electron chi connectivity index (χ1n) is 5.26. The number of nitrogens with zero attached hydrogens (tertiary/aromatic N) is 2. The van der Waals surface area contributed by atoms with Gasteiger partial charge in [0.15, 0.2) is 5.65 Å². The lowest BCUT2D eigenvalue weighted by molar-refractivity contribution is 0.475. The summed E-state index contributed by atoms with van der Waals surface area (Å²) in [6.07, 6.45) is 3.49. The zero-order chi connectivity index (χ0) is 11.9. The van der Waals surface area contributed by atoms with Gasteiger partial charge in [0, 0.05) is 17.8 Å². The number of pyridine rings is 2. The van der Waals surface area contributed by atoms with Crippen LogP contribution in [0, 0.1) is 0 Å². The highest BCUT2D eigenvalue weighted by Gasteiger charge is 1.88. The van der Waals surface area contributed by atoms with E-state index in [1.165, 1.54) is 0 Å². The smallest absolute Gasteiger partial charge is 0.159 e. The molecule has 0 atom stereocenters. The van der Waals surface area contributed by atoms with Crippen LogP contribution in [0.15, 0.2) is 67.0 Å². The summed E-state index contributed by atoms with van der Waals surface area (Å²) in [5, 5.41) is 9.72. The fourth-order valence-electron chi connectivity index (χ4n) is 1.34. The minimum Gasteiger partial charge on any atom is -0.508 e. The Balaban J connectivity index is 0.000000136. The van der Waals surface area contributed by atoms with E-state index in [0.29, 0.717) is 5.75 Å². The van der Waals surface area contributed by atoms with E-state index in [9.17, 15) is 0 Å². The van der Waals surface area contributed by atoms with Gasteiger partial charge in [0.25, 0.3) is 0 Å². The molecule has 0 saturated heterocycles. The van der Waals surface area contributed by atoms with E-state index in [-0.39, 0.29) is 0 Å². The predicted molar refractivity (Wildman–Crippen MR) is 67.6 cm³/mol. The van der Waals surface area contributed by atoms with Crippen molar-refractivity contribution in [3.05, 3.63) is 67.0 Å². The number of aromatic hydroxyl groups is 1. The van der Waals surface area contributed by atoms with Crippen molar-refractivity contribution >= 4 is 11.0 Å². The molecule has 0 bridgehead atoms. The summed E-state index contributed by atoms with van der Waals surface area (Å²) in [5.41, 5.74) is 0.810. The van der Waals surface area contributed by atoms with Gasteiger partial charge in [-0.1, -0.05) is 18.2 Å². The largest absolute Gasteiger partial charge is 0.508 e. The highest BCUT2D eigenvalue weighted by atomic mass is 16.3. The third kappa shape index (κ3) is 3.28. The third-order valence-electron chi connectivity index (χ3n) is 2.13. The first-order valence-corrected chi connectivity index (χ1v) is 5.26. The van der Waals surface area contributed by atoms with Gasteiger partial charge >= 0.3 is 0 Å². The molecule has 17 heavy (non-hydrogen) atoms. The van der Waals surface area contributed by atoms with Gasteiger partial charge in [-0.15, -0.1) is 0 Å². The van der Waals surface area contributed by atoms with Crippen LogP contribution in [-0.4, -0.2) is 15.1 Å². The molecule has 1 N–H and O–H groups in total. The Morgan fingerprint density at radius 2 is 1.29 bits per heavy atom. The molecular formula is C14H12N2O. The minimum absolute atomic E-state index is 0.322. The molecule has 3 heteroatoms. The number of para-hydroxylation sites is 1. The van der Waals surface area contributed by atoms with Crippen molar-refractivity contribution in [1.29, 1.82) is 0 Å². The molecule has 0 amide bonds. The van der Waals surface area contributed by atoms with Gasteiger partial charge in [0.2, 0.25) is 0 Å². The van der Waals surface area contributed by atoms with Crippen LogP contribution in [0.2, 0.25) is 0 Å². The number of hydrogen-bond acceptors (Lipinski definition) is 3. The Hall–Kier alpha value is -2.42. The molecule has 0 fully saturated rings. The van der Waals surface area contributed by atoms with E-state index in [0.717, 1.165) is 11.0 Å². The number of phenolic OH excluding ortho intramolecular Hbond substituents is 1. The number of benzene rings is 1. The standard InChI is InChI=1S/C8H6N2.C6H6O/c1-3-7-4-2-6-10-8(7)9-5-1;7-6-4-2-1-3-5-6/h1-6H;1-5,7H. The lowest BCUT2D eigenvalue weighted by Gasteiger charge is -1.90. The van der Waals surface area contributed by atoms with Crippen molar-refractivity contribution in [2.45, 2.75) is 0 Å². The first-order chi connectivity index (χ1) is 8.36. The summed E-state index contributed by atoms with van der Waals surface area (Å²) in [6.45, 7) is 0. The van der Waals surface area contributed by atoms with E-state index >= 15 is 0 Å². The van der Waals surface area contributed by atoms with Crippen LogP contribution in [0.5, 0.6) is 5.75 Å². The van der Waals surface area contributed by atoms with Gasteiger partial charge in [0.1, 0.15) is 5.75 Å². The fraction of sp³-hybridized carbons (Fsp3) is 0. The highest BCUT2D eigenvalue weighted by Crippen LogP contribution is 2.04. The Labute approximate surface area is 99.4 Å². The Morgan fingerprint density at radius 1 is 0.706 bits per heavy atom. The summed E-state index contributed by atoms with van der Waals surface area (Å²) in [7, 11) is 0. The normalized spacial score (nSPS) is 9.41.